The lowest BCUT2D eigenvalue weighted by Crippen LogP contribution is -2.48. The summed E-state index contributed by atoms with van der Waals surface area (Å²) in [6, 6.07) is 8.86. The minimum Gasteiger partial charge on any atom is -0.490 e. The number of rotatable bonds is 5. The number of amides is 2. The Balaban J connectivity index is 1.60. The Morgan fingerprint density at radius 2 is 1.80 bits per heavy atom. The molecule has 0 unspecified atom stereocenters. The Morgan fingerprint density at radius 1 is 1.10 bits per heavy atom. The van der Waals surface area contributed by atoms with Gasteiger partial charge in [0.25, 0.3) is 0 Å². The average molecular weight is 412 g/mol. The first-order chi connectivity index (χ1) is 14.3. The van der Waals surface area contributed by atoms with Crippen LogP contribution in [0.3, 0.4) is 0 Å². The molecule has 0 bridgehead atoms. The predicted octanol–water partition coefficient (Wildman–Crippen LogP) is 3.29. The number of hydrogen-bond acceptors (Lipinski definition) is 6. The number of carbonyl (C=O) groups excluding carboxylic acids is 2. The third kappa shape index (κ3) is 6.17. The zero-order chi connectivity index (χ0) is 21.6. The van der Waals surface area contributed by atoms with Gasteiger partial charge in [-0.15, -0.1) is 0 Å². The van der Waals surface area contributed by atoms with E-state index in [1.54, 1.807) is 62.5 Å². The van der Waals surface area contributed by atoms with Gasteiger partial charge in [-0.1, -0.05) is 6.07 Å². The third-order valence-corrected chi connectivity index (χ3v) is 4.58. The Morgan fingerprint density at radius 3 is 2.40 bits per heavy atom. The molecule has 1 aliphatic heterocycles. The van der Waals surface area contributed by atoms with Crippen LogP contribution in [0.1, 0.15) is 33.6 Å². The van der Waals surface area contributed by atoms with Crippen molar-refractivity contribution < 1.29 is 19.1 Å². The number of likely N-dealkylation sites (tertiary alicyclic amines) is 1. The van der Waals surface area contributed by atoms with Gasteiger partial charge in [-0.2, -0.15) is 0 Å². The quantitative estimate of drug-likeness (QED) is 0.749. The molecule has 0 N–H and O–H groups in total. The summed E-state index contributed by atoms with van der Waals surface area (Å²) in [4.78, 5) is 36.9. The Bertz CT molecular complexity index is 831. The van der Waals surface area contributed by atoms with Crippen molar-refractivity contribution in [3.05, 3.63) is 48.9 Å². The van der Waals surface area contributed by atoms with Gasteiger partial charge >= 0.3 is 6.09 Å². The van der Waals surface area contributed by atoms with Crippen LogP contribution in [0.4, 0.5) is 10.6 Å². The first kappa shape index (κ1) is 21.5. The SMILES string of the molecule is CC(C)(C)OC(=O)N(CC(=O)N1CCC(Oc2ccncc2)CC1)c1ccccn1. The molecule has 0 spiro atoms. The van der Waals surface area contributed by atoms with Crippen LogP contribution in [-0.4, -0.2) is 58.2 Å². The molecule has 0 aliphatic carbocycles. The summed E-state index contributed by atoms with van der Waals surface area (Å²) in [6.07, 6.45) is 5.88. The van der Waals surface area contributed by atoms with Gasteiger partial charge in [-0.25, -0.2) is 9.78 Å². The molecule has 0 radical (unpaired) electrons. The number of aromatic nitrogens is 2. The van der Waals surface area contributed by atoms with Crippen LogP contribution < -0.4 is 9.64 Å². The van der Waals surface area contributed by atoms with E-state index in [2.05, 4.69) is 9.97 Å². The van der Waals surface area contributed by atoms with Crippen molar-refractivity contribution in [2.75, 3.05) is 24.5 Å². The molecule has 30 heavy (non-hydrogen) atoms. The highest BCUT2D eigenvalue weighted by Gasteiger charge is 2.30. The summed E-state index contributed by atoms with van der Waals surface area (Å²) in [7, 11) is 0. The van der Waals surface area contributed by atoms with Crippen molar-refractivity contribution in [2.45, 2.75) is 45.3 Å². The lowest BCUT2D eigenvalue weighted by Gasteiger charge is -2.34. The van der Waals surface area contributed by atoms with Gasteiger partial charge < -0.3 is 14.4 Å². The minimum atomic E-state index is -0.671. The van der Waals surface area contributed by atoms with E-state index in [0.29, 0.717) is 18.9 Å². The van der Waals surface area contributed by atoms with E-state index >= 15 is 0 Å². The lowest BCUT2D eigenvalue weighted by molar-refractivity contribution is -0.131. The van der Waals surface area contributed by atoms with Crippen LogP contribution in [0.25, 0.3) is 0 Å². The number of piperidine rings is 1. The van der Waals surface area contributed by atoms with Crippen LogP contribution >= 0.6 is 0 Å². The molecule has 160 valence electrons. The number of ether oxygens (including phenoxy) is 2. The molecule has 0 saturated carbocycles. The summed E-state index contributed by atoms with van der Waals surface area (Å²) < 4.78 is 11.4. The summed E-state index contributed by atoms with van der Waals surface area (Å²) in [6.45, 7) is 6.38. The highest BCUT2D eigenvalue weighted by Crippen LogP contribution is 2.20. The van der Waals surface area contributed by atoms with E-state index in [-0.39, 0.29) is 18.6 Å². The highest BCUT2D eigenvalue weighted by molar-refractivity contribution is 5.94. The maximum Gasteiger partial charge on any atom is 0.416 e. The zero-order valence-electron chi connectivity index (χ0n) is 17.7. The van der Waals surface area contributed by atoms with Crippen LogP contribution in [-0.2, 0) is 9.53 Å². The summed E-state index contributed by atoms with van der Waals surface area (Å²) in [5, 5.41) is 0. The van der Waals surface area contributed by atoms with Crippen LogP contribution in [0.2, 0.25) is 0 Å². The maximum atomic E-state index is 12.9. The first-order valence-corrected chi connectivity index (χ1v) is 10.1. The minimum absolute atomic E-state index is 0.0502. The van der Waals surface area contributed by atoms with Crippen molar-refractivity contribution in [3.8, 4) is 5.75 Å². The molecule has 2 aromatic heterocycles. The molecule has 2 aromatic rings. The summed E-state index contributed by atoms with van der Waals surface area (Å²) >= 11 is 0. The molecule has 3 heterocycles. The van der Waals surface area contributed by atoms with Gasteiger partial charge in [0.1, 0.15) is 29.8 Å². The molecule has 0 aromatic carbocycles. The van der Waals surface area contributed by atoms with Gasteiger partial charge in [0.2, 0.25) is 5.91 Å². The van der Waals surface area contributed by atoms with Crippen molar-refractivity contribution in [2.24, 2.45) is 0 Å². The molecule has 2 amide bonds. The number of nitrogens with zero attached hydrogens (tertiary/aromatic N) is 4. The molecule has 1 fully saturated rings. The van der Waals surface area contributed by atoms with Crippen LogP contribution in [0.5, 0.6) is 5.75 Å². The van der Waals surface area contributed by atoms with Gasteiger partial charge in [-0.05, 0) is 45.0 Å². The molecule has 1 aliphatic rings. The van der Waals surface area contributed by atoms with Gasteiger partial charge in [0.15, 0.2) is 0 Å². The molecule has 8 nitrogen and oxygen atoms in total. The first-order valence-electron chi connectivity index (χ1n) is 10.1. The van der Waals surface area contributed by atoms with Crippen molar-refractivity contribution in [1.29, 1.82) is 0 Å². The van der Waals surface area contributed by atoms with Crippen molar-refractivity contribution in [3.63, 3.8) is 0 Å². The van der Waals surface area contributed by atoms with Gasteiger partial charge in [0.05, 0.1) is 0 Å². The largest absolute Gasteiger partial charge is 0.490 e. The fourth-order valence-electron chi connectivity index (χ4n) is 3.14. The second kappa shape index (κ2) is 9.56. The van der Waals surface area contributed by atoms with Gasteiger partial charge in [-0.3, -0.25) is 14.7 Å². The van der Waals surface area contributed by atoms with Crippen LogP contribution in [0, 0.1) is 0 Å². The smallest absolute Gasteiger partial charge is 0.416 e. The summed E-state index contributed by atoms with van der Waals surface area (Å²) in [5.74, 6) is 1.02. The van der Waals surface area contributed by atoms with Crippen molar-refractivity contribution >= 4 is 17.8 Å². The maximum absolute atomic E-state index is 12.9. The standard InChI is InChI=1S/C22H28N4O4/c1-22(2,3)30-21(28)26(19-6-4-5-11-24-19)16-20(27)25-14-9-18(10-15-25)29-17-7-12-23-13-8-17/h4-8,11-13,18H,9-10,14-16H2,1-3H3. The average Bonchev–Trinajstić information content (AvgIpc) is 2.72. The highest BCUT2D eigenvalue weighted by atomic mass is 16.6. The fraction of sp³-hybridized carbons (Fsp3) is 0.455. The Kier molecular flexibility index (Phi) is 6.87. The fourth-order valence-corrected chi connectivity index (χ4v) is 3.14. The van der Waals surface area contributed by atoms with Crippen molar-refractivity contribution in [1.82, 2.24) is 14.9 Å². The van der Waals surface area contributed by atoms with Gasteiger partial charge in [0, 0.05) is 44.5 Å². The molecule has 3 rings (SSSR count). The number of carbonyl (C=O) groups is 2. The number of anilines is 1. The van der Waals surface area contributed by atoms with E-state index in [1.165, 1.54) is 4.90 Å². The Labute approximate surface area is 176 Å². The third-order valence-electron chi connectivity index (χ3n) is 4.58. The second-order valence-electron chi connectivity index (χ2n) is 8.14. The Hall–Kier alpha value is -3.16. The topological polar surface area (TPSA) is 84.9 Å². The molecular formula is C22H28N4O4. The summed E-state index contributed by atoms with van der Waals surface area (Å²) in [5.41, 5.74) is -0.671. The molecular weight excluding hydrogens is 384 g/mol. The van der Waals surface area contributed by atoms with E-state index in [4.69, 9.17) is 9.47 Å². The predicted molar refractivity (Wildman–Crippen MR) is 112 cm³/mol. The lowest BCUT2D eigenvalue weighted by atomic mass is 10.1. The van der Waals surface area contributed by atoms with E-state index in [1.807, 2.05) is 12.1 Å². The second-order valence-corrected chi connectivity index (χ2v) is 8.14. The normalized spacial score (nSPS) is 14.8. The molecule has 1 saturated heterocycles. The molecule has 8 heteroatoms. The molecule has 0 atom stereocenters. The van der Waals surface area contributed by atoms with E-state index in [0.717, 1.165) is 18.6 Å². The van der Waals surface area contributed by atoms with E-state index in [9.17, 15) is 9.59 Å². The zero-order valence-corrected chi connectivity index (χ0v) is 17.7. The number of hydrogen-bond donors (Lipinski definition) is 0. The van der Waals surface area contributed by atoms with Crippen LogP contribution in [0.15, 0.2) is 48.9 Å². The number of pyridine rings is 2. The monoisotopic (exact) mass is 412 g/mol. The van der Waals surface area contributed by atoms with E-state index < -0.39 is 11.7 Å².